The first-order valence-electron chi connectivity index (χ1n) is 9.74. The molecular weight excluding hydrogens is 482 g/mol. The number of halogens is 2. The van der Waals surface area contributed by atoms with Crippen LogP contribution in [0.4, 0.5) is 10.1 Å². The van der Waals surface area contributed by atoms with Crippen molar-refractivity contribution in [3.63, 3.8) is 0 Å². The van der Waals surface area contributed by atoms with E-state index in [2.05, 4.69) is 46.4 Å². The molecule has 2 rings (SSSR count). The first kappa shape index (κ1) is 25.2. The van der Waals surface area contributed by atoms with Crippen LogP contribution in [-0.4, -0.2) is 49.0 Å². The van der Waals surface area contributed by atoms with E-state index in [1.165, 1.54) is 17.3 Å². The van der Waals surface area contributed by atoms with E-state index in [0.29, 0.717) is 0 Å². The molecule has 162 valence electrons. The van der Waals surface area contributed by atoms with Crippen LogP contribution in [0, 0.1) is 19.7 Å². The lowest BCUT2D eigenvalue weighted by Crippen LogP contribution is -2.43. The molecule has 0 bridgehead atoms. The van der Waals surface area contributed by atoms with E-state index in [1.807, 2.05) is 24.8 Å². The molecule has 1 heterocycles. The highest BCUT2D eigenvalue weighted by Gasteiger charge is 2.14. The van der Waals surface area contributed by atoms with Gasteiger partial charge in [0.25, 0.3) is 0 Å². The summed E-state index contributed by atoms with van der Waals surface area (Å²) >= 11 is 0. The van der Waals surface area contributed by atoms with E-state index in [1.54, 1.807) is 19.2 Å². The molecule has 0 amide bonds. The van der Waals surface area contributed by atoms with Crippen molar-refractivity contribution in [2.75, 3.05) is 32.1 Å². The third-order valence-corrected chi connectivity index (χ3v) is 4.99. The Morgan fingerprint density at radius 3 is 2.66 bits per heavy atom. The van der Waals surface area contributed by atoms with Gasteiger partial charge in [-0.1, -0.05) is 6.07 Å². The van der Waals surface area contributed by atoms with Gasteiger partial charge in [-0.2, -0.15) is 5.10 Å². The second-order valence-electron chi connectivity index (χ2n) is 7.28. The predicted octanol–water partition coefficient (Wildman–Crippen LogP) is 3.42. The molecule has 1 aromatic heterocycles. The topological polar surface area (TPSA) is 57.5 Å². The number of nitrogens with zero attached hydrogens (tertiary/aromatic N) is 4. The second kappa shape index (κ2) is 12.0. The Kier molecular flexibility index (Phi) is 10.4. The van der Waals surface area contributed by atoms with Gasteiger partial charge in [0.15, 0.2) is 5.96 Å². The van der Waals surface area contributed by atoms with Crippen molar-refractivity contribution in [1.82, 2.24) is 20.4 Å². The van der Waals surface area contributed by atoms with Crippen LogP contribution in [-0.2, 0) is 13.5 Å². The minimum absolute atomic E-state index is 0. The fourth-order valence-electron chi connectivity index (χ4n) is 3.26. The summed E-state index contributed by atoms with van der Waals surface area (Å²) < 4.78 is 15.3. The summed E-state index contributed by atoms with van der Waals surface area (Å²) in [4.78, 5) is 6.37. The average Bonchev–Trinajstić information content (AvgIpc) is 2.90. The predicted molar refractivity (Wildman–Crippen MR) is 130 cm³/mol. The molecule has 0 radical (unpaired) electrons. The number of rotatable bonds is 8. The van der Waals surface area contributed by atoms with E-state index in [4.69, 9.17) is 0 Å². The maximum atomic E-state index is 13.3. The van der Waals surface area contributed by atoms with Gasteiger partial charge < -0.3 is 15.5 Å². The number of aromatic nitrogens is 2. The van der Waals surface area contributed by atoms with Crippen molar-refractivity contribution in [2.24, 2.45) is 12.0 Å². The van der Waals surface area contributed by atoms with Gasteiger partial charge >= 0.3 is 0 Å². The lowest BCUT2D eigenvalue weighted by molar-refractivity contribution is 0.625. The van der Waals surface area contributed by atoms with Crippen LogP contribution in [0.3, 0.4) is 0 Å². The van der Waals surface area contributed by atoms with Crippen molar-refractivity contribution < 1.29 is 4.39 Å². The number of nitrogens with one attached hydrogen (secondary N) is 2. The number of guanidine groups is 1. The summed E-state index contributed by atoms with van der Waals surface area (Å²) in [6.45, 7) is 7.92. The van der Waals surface area contributed by atoms with Crippen LogP contribution >= 0.6 is 24.0 Å². The van der Waals surface area contributed by atoms with Crippen LogP contribution in [0.2, 0.25) is 0 Å². The van der Waals surface area contributed by atoms with Gasteiger partial charge in [-0.3, -0.25) is 9.67 Å². The van der Waals surface area contributed by atoms with Crippen molar-refractivity contribution in [2.45, 2.75) is 39.7 Å². The molecule has 1 unspecified atom stereocenters. The van der Waals surface area contributed by atoms with E-state index in [9.17, 15) is 4.39 Å². The van der Waals surface area contributed by atoms with Crippen LogP contribution in [0.25, 0.3) is 0 Å². The minimum Gasteiger partial charge on any atom is -0.374 e. The van der Waals surface area contributed by atoms with Crippen molar-refractivity contribution in [3.8, 4) is 0 Å². The first-order chi connectivity index (χ1) is 13.3. The average molecular weight is 516 g/mol. The monoisotopic (exact) mass is 516 g/mol. The number of aliphatic imine (C=N–C) groups is 1. The fourth-order valence-corrected chi connectivity index (χ4v) is 3.26. The number of aryl methyl sites for hydroxylation is 2. The Balaban J connectivity index is 0.00000420. The van der Waals surface area contributed by atoms with E-state index in [0.717, 1.165) is 43.3 Å². The van der Waals surface area contributed by atoms with Gasteiger partial charge in [-0.15, -0.1) is 24.0 Å². The lowest BCUT2D eigenvalue weighted by Gasteiger charge is -2.21. The molecule has 0 spiro atoms. The molecule has 0 aliphatic rings. The van der Waals surface area contributed by atoms with Crippen molar-refractivity contribution in [1.29, 1.82) is 0 Å². The zero-order valence-electron chi connectivity index (χ0n) is 18.3. The second-order valence-corrected chi connectivity index (χ2v) is 7.28. The Morgan fingerprint density at radius 2 is 2.07 bits per heavy atom. The quantitative estimate of drug-likeness (QED) is 0.245. The molecule has 0 saturated heterocycles. The summed E-state index contributed by atoms with van der Waals surface area (Å²) in [5.41, 5.74) is 4.46. The fraction of sp³-hybridized carbons (Fsp3) is 0.524. The summed E-state index contributed by atoms with van der Waals surface area (Å²) in [6.07, 6.45) is 1.82. The number of hydrogen-bond donors (Lipinski definition) is 2. The number of hydrogen-bond acceptors (Lipinski definition) is 3. The highest BCUT2D eigenvalue weighted by molar-refractivity contribution is 14.0. The van der Waals surface area contributed by atoms with Gasteiger partial charge in [-0.25, -0.2) is 4.39 Å². The minimum atomic E-state index is -0.208. The van der Waals surface area contributed by atoms with E-state index >= 15 is 0 Å². The van der Waals surface area contributed by atoms with Crippen molar-refractivity contribution in [3.05, 3.63) is 47.0 Å². The Hall–Kier alpha value is -1.84. The first-order valence-corrected chi connectivity index (χ1v) is 9.74. The lowest BCUT2D eigenvalue weighted by atomic mass is 10.1. The standard InChI is InChI=1S/C21H33FN6.HI/c1-15(13-20-16(2)26-28(6)17(20)3)25-21(23-4)24-11-8-12-27(5)19-10-7-9-18(22)14-19;/h7,9-10,14-15H,8,11-13H2,1-6H3,(H2,23,24,25);1H. The molecule has 0 fully saturated rings. The van der Waals surface area contributed by atoms with Crippen molar-refractivity contribution >= 4 is 35.6 Å². The molecule has 8 heteroatoms. The molecule has 0 aliphatic carbocycles. The summed E-state index contributed by atoms with van der Waals surface area (Å²) in [5.74, 6) is 0.584. The third-order valence-electron chi connectivity index (χ3n) is 4.99. The molecule has 0 aliphatic heterocycles. The van der Waals surface area contributed by atoms with E-state index in [-0.39, 0.29) is 35.8 Å². The highest BCUT2D eigenvalue weighted by Crippen LogP contribution is 2.15. The Labute approximate surface area is 191 Å². The van der Waals surface area contributed by atoms with Gasteiger partial charge in [-0.05, 0) is 57.4 Å². The van der Waals surface area contributed by atoms with Crippen LogP contribution in [0.15, 0.2) is 29.3 Å². The van der Waals surface area contributed by atoms with E-state index < -0.39 is 0 Å². The summed E-state index contributed by atoms with van der Waals surface area (Å²) in [5, 5.41) is 11.3. The van der Waals surface area contributed by atoms with Gasteiger partial charge in [0.2, 0.25) is 0 Å². The summed E-state index contributed by atoms with van der Waals surface area (Å²) in [7, 11) is 5.73. The van der Waals surface area contributed by atoms with Crippen LogP contribution in [0.5, 0.6) is 0 Å². The van der Waals surface area contributed by atoms with Crippen LogP contribution in [0.1, 0.15) is 30.3 Å². The van der Waals surface area contributed by atoms with Crippen LogP contribution < -0.4 is 15.5 Å². The maximum Gasteiger partial charge on any atom is 0.191 e. The number of benzene rings is 1. The maximum absolute atomic E-state index is 13.3. The molecule has 2 N–H and O–H groups in total. The molecular formula is C21H34FIN6. The zero-order chi connectivity index (χ0) is 20.7. The van der Waals surface area contributed by atoms with Gasteiger partial charge in [0.05, 0.1) is 5.69 Å². The molecule has 29 heavy (non-hydrogen) atoms. The summed E-state index contributed by atoms with van der Waals surface area (Å²) in [6, 6.07) is 6.91. The number of anilines is 1. The molecule has 1 aromatic carbocycles. The normalized spacial score (nSPS) is 12.3. The molecule has 0 saturated carbocycles. The zero-order valence-corrected chi connectivity index (χ0v) is 20.6. The third kappa shape index (κ3) is 7.49. The molecule has 2 aromatic rings. The largest absolute Gasteiger partial charge is 0.374 e. The molecule has 1 atom stereocenters. The van der Waals surface area contributed by atoms with Gasteiger partial charge in [0, 0.05) is 51.7 Å². The molecule has 6 nitrogen and oxygen atoms in total. The van der Waals surface area contributed by atoms with Gasteiger partial charge in [0.1, 0.15) is 5.82 Å². The SMILES string of the molecule is CN=C(NCCCN(C)c1cccc(F)c1)NC(C)Cc1c(C)nn(C)c1C.I. The Bertz CT molecular complexity index is 804. The Morgan fingerprint density at radius 1 is 1.34 bits per heavy atom. The smallest absolute Gasteiger partial charge is 0.191 e. The highest BCUT2D eigenvalue weighted by atomic mass is 127.